The molecule has 0 unspecified atom stereocenters. The molecule has 0 spiro atoms. The average molecular weight is 538 g/mol. The second-order valence-corrected chi connectivity index (χ2v) is 10.7. The topological polar surface area (TPSA) is 43.3 Å². The lowest BCUT2D eigenvalue weighted by Gasteiger charge is -2.10. The minimum atomic E-state index is 0.874. The summed E-state index contributed by atoms with van der Waals surface area (Å²) in [4.78, 5) is 10.0. The molecule has 4 heteroatoms. The van der Waals surface area contributed by atoms with Crippen LogP contribution in [0.15, 0.2) is 144 Å². The van der Waals surface area contributed by atoms with Gasteiger partial charge in [-0.3, -0.25) is 4.40 Å². The molecule has 9 rings (SSSR count). The van der Waals surface area contributed by atoms with Crippen LogP contribution in [-0.4, -0.2) is 14.4 Å². The molecule has 0 radical (unpaired) electrons. The number of fused-ring (bicyclic) bond motifs is 8. The van der Waals surface area contributed by atoms with Gasteiger partial charge in [0, 0.05) is 33.3 Å². The van der Waals surface area contributed by atoms with E-state index < -0.39 is 0 Å². The summed E-state index contributed by atoms with van der Waals surface area (Å²) in [7, 11) is 0. The van der Waals surface area contributed by atoms with E-state index in [1.807, 2.05) is 36.5 Å². The van der Waals surface area contributed by atoms with Gasteiger partial charge in [0.05, 0.1) is 5.69 Å². The molecule has 42 heavy (non-hydrogen) atoms. The van der Waals surface area contributed by atoms with Gasteiger partial charge in [-0.25, -0.2) is 9.97 Å². The highest BCUT2D eigenvalue weighted by Crippen LogP contribution is 2.36. The van der Waals surface area contributed by atoms with Crippen molar-refractivity contribution in [1.29, 1.82) is 0 Å². The van der Waals surface area contributed by atoms with Gasteiger partial charge >= 0.3 is 0 Å². The molecule has 0 aliphatic rings. The predicted octanol–water partition coefficient (Wildman–Crippen LogP) is 9.94. The van der Waals surface area contributed by atoms with E-state index in [2.05, 4.69) is 108 Å². The fourth-order valence-corrected chi connectivity index (χ4v) is 6.16. The van der Waals surface area contributed by atoms with Gasteiger partial charge in [0.25, 0.3) is 0 Å². The van der Waals surface area contributed by atoms with Crippen molar-refractivity contribution >= 4 is 49.5 Å². The lowest BCUT2D eigenvalue weighted by Crippen LogP contribution is -1.91. The lowest BCUT2D eigenvalue weighted by molar-refractivity contribution is 0.669. The van der Waals surface area contributed by atoms with Crippen LogP contribution in [0.2, 0.25) is 0 Å². The molecule has 0 aliphatic heterocycles. The van der Waals surface area contributed by atoms with Crippen molar-refractivity contribution < 1.29 is 4.42 Å². The fraction of sp³-hybridized carbons (Fsp3) is 0. The number of furan rings is 1. The van der Waals surface area contributed by atoms with E-state index in [9.17, 15) is 0 Å². The maximum atomic E-state index is 6.04. The second kappa shape index (κ2) is 8.88. The van der Waals surface area contributed by atoms with Gasteiger partial charge in [-0.05, 0) is 58.7 Å². The third-order valence-corrected chi connectivity index (χ3v) is 8.22. The Morgan fingerprint density at radius 1 is 0.452 bits per heavy atom. The van der Waals surface area contributed by atoms with Crippen LogP contribution in [0.3, 0.4) is 0 Å². The second-order valence-electron chi connectivity index (χ2n) is 10.7. The number of imidazole rings is 1. The van der Waals surface area contributed by atoms with Crippen molar-refractivity contribution in [3.63, 3.8) is 0 Å². The molecule has 0 saturated heterocycles. The molecule has 5 aromatic carbocycles. The summed E-state index contributed by atoms with van der Waals surface area (Å²) in [6.07, 6.45) is 2.03. The molecule has 0 bridgehead atoms. The molecule has 0 aliphatic carbocycles. The van der Waals surface area contributed by atoms with E-state index >= 15 is 0 Å². The van der Waals surface area contributed by atoms with Crippen LogP contribution in [0.1, 0.15) is 0 Å². The van der Waals surface area contributed by atoms with Crippen molar-refractivity contribution in [1.82, 2.24) is 14.4 Å². The Labute approximate surface area is 241 Å². The van der Waals surface area contributed by atoms with Crippen molar-refractivity contribution in [2.45, 2.75) is 0 Å². The van der Waals surface area contributed by atoms with E-state index in [4.69, 9.17) is 14.4 Å². The zero-order valence-corrected chi connectivity index (χ0v) is 22.5. The van der Waals surface area contributed by atoms with E-state index in [0.717, 1.165) is 66.3 Å². The summed E-state index contributed by atoms with van der Waals surface area (Å²) in [5.41, 5.74) is 11.3. The Morgan fingerprint density at radius 2 is 1.12 bits per heavy atom. The first-order valence-corrected chi connectivity index (χ1v) is 14.1. The van der Waals surface area contributed by atoms with Gasteiger partial charge in [0.15, 0.2) is 5.65 Å². The summed E-state index contributed by atoms with van der Waals surface area (Å²) in [6.45, 7) is 0. The predicted molar refractivity (Wildman–Crippen MR) is 172 cm³/mol. The third-order valence-electron chi connectivity index (χ3n) is 8.22. The van der Waals surface area contributed by atoms with Crippen molar-refractivity contribution in [2.24, 2.45) is 0 Å². The molecule has 196 valence electrons. The Morgan fingerprint density at radius 3 is 2.00 bits per heavy atom. The van der Waals surface area contributed by atoms with Gasteiger partial charge < -0.3 is 4.42 Å². The summed E-state index contributed by atoms with van der Waals surface area (Å²) < 4.78 is 8.11. The van der Waals surface area contributed by atoms with Crippen LogP contribution < -0.4 is 0 Å². The maximum absolute atomic E-state index is 6.04. The molecule has 0 saturated carbocycles. The van der Waals surface area contributed by atoms with Gasteiger partial charge in [-0.2, -0.15) is 0 Å². The van der Waals surface area contributed by atoms with Crippen LogP contribution in [0.25, 0.3) is 83.0 Å². The number of nitrogens with zero attached hydrogens (tertiary/aromatic N) is 3. The Hall–Kier alpha value is -5.74. The van der Waals surface area contributed by atoms with Gasteiger partial charge in [0.2, 0.25) is 0 Å². The van der Waals surface area contributed by atoms with E-state index in [1.54, 1.807) is 0 Å². The molecular weight excluding hydrogens is 514 g/mol. The SMILES string of the molecule is c1cc(-c2ccc(-c3nc4c(nc5ccccn54)c4ccccc34)cc2)cc(-c2ccc3oc4ccccc4c3c2)c1. The number of hydrogen-bond donors (Lipinski definition) is 0. The van der Waals surface area contributed by atoms with E-state index in [0.29, 0.717) is 0 Å². The van der Waals surface area contributed by atoms with Crippen molar-refractivity contribution in [3.05, 3.63) is 140 Å². The normalized spacial score (nSPS) is 11.8. The first kappa shape index (κ1) is 23.0. The molecule has 0 amide bonds. The minimum Gasteiger partial charge on any atom is -0.456 e. The molecule has 4 aromatic heterocycles. The average Bonchev–Trinajstić information content (AvgIpc) is 3.63. The molecule has 0 atom stereocenters. The lowest BCUT2D eigenvalue weighted by atomic mass is 9.96. The number of hydrogen-bond acceptors (Lipinski definition) is 3. The summed E-state index contributed by atoms with van der Waals surface area (Å²) in [5.74, 6) is 0. The number of aromatic nitrogens is 3. The summed E-state index contributed by atoms with van der Waals surface area (Å²) in [6, 6.07) is 46.6. The van der Waals surface area contributed by atoms with Crippen LogP contribution >= 0.6 is 0 Å². The third kappa shape index (κ3) is 3.49. The highest BCUT2D eigenvalue weighted by molar-refractivity contribution is 6.09. The van der Waals surface area contributed by atoms with Gasteiger partial charge in [-0.1, -0.05) is 97.1 Å². The molecule has 9 aromatic rings. The van der Waals surface area contributed by atoms with E-state index in [1.165, 1.54) is 16.7 Å². The quantitative estimate of drug-likeness (QED) is 0.225. The number of para-hydroxylation sites is 1. The Bertz CT molecular complexity index is 2470. The molecule has 4 heterocycles. The fourth-order valence-electron chi connectivity index (χ4n) is 6.16. The zero-order valence-electron chi connectivity index (χ0n) is 22.5. The summed E-state index contributed by atoms with van der Waals surface area (Å²) >= 11 is 0. The van der Waals surface area contributed by atoms with E-state index in [-0.39, 0.29) is 0 Å². The molecule has 0 N–H and O–H groups in total. The van der Waals surface area contributed by atoms with Gasteiger partial charge in [0.1, 0.15) is 22.3 Å². The smallest absolute Gasteiger partial charge is 0.165 e. The zero-order chi connectivity index (χ0) is 27.6. The first-order chi connectivity index (χ1) is 20.8. The van der Waals surface area contributed by atoms with Crippen LogP contribution in [0.5, 0.6) is 0 Å². The number of pyridine rings is 2. The maximum Gasteiger partial charge on any atom is 0.165 e. The van der Waals surface area contributed by atoms with Crippen LogP contribution in [0.4, 0.5) is 0 Å². The first-order valence-electron chi connectivity index (χ1n) is 14.1. The van der Waals surface area contributed by atoms with Crippen LogP contribution in [0, 0.1) is 0 Å². The summed E-state index contributed by atoms with van der Waals surface area (Å²) in [5, 5.41) is 4.50. The number of rotatable bonds is 3. The molecular formula is C38H23N3O. The highest BCUT2D eigenvalue weighted by Gasteiger charge is 2.15. The van der Waals surface area contributed by atoms with Crippen LogP contribution in [-0.2, 0) is 0 Å². The largest absolute Gasteiger partial charge is 0.456 e. The highest BCUT2D eigenvalue weighted by atomic mass is 16.3. The van der Waals surface area contributed by atoms with Gasteiger partial charge in [-0.15, -0.1) is 0 Å². The minimum absolute atomic E-state index is 0.874. The monoisotopic (exact) mass is 537 g/mol. The number of benzene rings is 5. The molecule has 4 nitrogen and oxygen atoms in total. The Kier molecular flexibility index (Phi) is 4.87. The van der Waals surface area contributed by atoms with Crippen molar-refractivity contribution in [3.8, 4) is 33.5 Å². The van der Waals surface area contributed by atoms with Crippen molar-refractivity contribution in [2.75, 3.05) is 0 Å². The molecule has 0 fully saturated rings. The Balaban J connectivity index is 1.13. The standard InChI is InChI=1S/C38H23N3O/c1-2-12-31-30(11-1)36(40-38-37(31)39-35-14-5-6-21-41(35)38)25-17-15-24(16-18-25)26-8-7-9-27(22-26)28-19-20-34-32(23-28)29-10-3-4-13-33(29)42-34/h1-23H.